The third-order valence-electron chi connectivity index (χ3n) is 1.98. The van der Waals surface area contributed by atoms with E-state index in [1.54, 1.807) is 0 Å². The van der Waals surface area contributed by atoms with E-state index in [9.17, 15) is 0 Å². The second kappa shape index (κ2) is 2.83. The van der Waals surface area contributed by atoms with Crippen molar-refractivity contribution in [3.63, 3.8) is 0 Å². The molecule has 3 heteroatoms. The highest BCUT2D eigenvalue weighted by atomic mass is 15.1. The Bertz CT molecular complexity index is 497. The van der Waals surface area contributed by atoms with E-state index in [1.807, 2.05) is 37.3 Å². The lowest BCUT2D eigenvalue weighted by molar-refractivity contribution is 0.986. The van der Waals surface area contributed by atoms with Crippen LogP contribution in [-0.4, -0.2) is 10.2 Å². The Hall–Kier alpha value is -1.95. The Morgan fingerprint density at radius 1 is 1.15 bits per heavy atom. The summed E-state index contributed by atoms with van der Waals surface area (Å²) < 4.78 is 0. The van der Waals surface area contributed by atoms with Gasteiger partial charge in [0.15, 0.2) is 5.69 Å². The van der Waals surface area contributed by atoms with Crippen LogP contribution in [-0.2, 0) is 0 Å². The fourth-order valence-corrected chi connectivity index (χ4v) is 1.32. The van der Waals surface area contributed by atoms with Crippen molar-refractivity contribution in [1.29, 1.82) is 5.26 Å². The first kappa shape index (κ1) is 7.69. The van der Waals surface area contributed by atoms with Gasteiger partial charge in [-0.05, 0) is 6.92 Å². The molecule has 0 saturated carbocycles. The van der Waals surface area contributed by atoms with Gasteiger partial charge in [0.1, 0.15) is 6.07 Å². The van der Waals surface area contributed by atoms with Gasteiger partial charge in [0.05, 0.1) is 5.69 Å². The van der Waals surface area contributed by atoms with Crippen molar-refractivity contribution in [2.24, 2.45) is 0 Å². The van der Waals surface area contributed by atoms with Gasteiger partial charge in [-0.3, -0.25) is 0 Å². The van der Waals surface area contributed by atoms with Crippen molar-refractivity contribution in [2.75, 3.05) is 0 Å². The summed E-state index contributed by atoms with van der Waals surface area (Å²) in [5.41, 5.74) is 1.25. The first-order chi connectivity index (χ1) is 6.33. The molecule has 2 aromatic rings. The fourth-order valence-electron chi connectivity index (χ4n) is 1.32. The number of nitrogens with zero attached hydrogens (tertiary/aromatic N) is 3. The standard InChI is InChI=1S/C10H7N3/c1-7-8-4-2-3-5-9(8)10(6-11)13-12-7/h2-5H,1H3. The molecule has 0 fully saturated rings. The Morgan fingerprint density at radius 3 is 2.54 bits per heavy atom. The predicted octanol–water partition coefficient (Wildman–Crippen LogP) is 1.81. The van der Waals surface area contributed by atoms with Crippen molar-refractivity contribution < 1.29 is 0 Å². The predicted molar refractivity (Wildman–Crippen MR) is 49.0 cm³/mol. The number of aromatic nitrogens is 2. The van der Waals surface area contributed by atoms with Crippen LogP contribution >= 0.6 is 0 Å². The molecule has 0 atom stereocenters. The molecule has 0 aliphatic heterocycles. The van der Waals surface area contributed by atoms with E-state index < -0.39 is 0 Å². The zero-order valence-electron chi connectivity index (χ0n) is 7.15. The number of aryl methyl sites for hydroxylation is 1. The summed E-state index contributed by atoms with van der Waals surface area (Å²) in [4.78, 5) is 0. The third-order valence-corrected chi connectivity index (χ3v) is 1.98. The van der Waals surface area contributed by atoms with Crippen LogP contribution < -0.4 is 0 Å². The van der Waals surface area contributed by atoms with Gasteiger partial charge in [0.2, 0.25) is 0 Å². The monoisotopic (exact) mass is 169 g/mol. The van der Waals surface area contributed by atoms with Crippen molar-refractivity contribution in [2.45, 2.75) is 6.92 Å². The molecule has 0 bridgehead atoms. The third kappa shape index (κ3) is 1.13. The van der Waals surface area contributed by atoms with E-state index >= 15 is 0 Å². The first-order valence-corrected chi connectivity index (χ1v) is 3.95. The quantitative estimate of drug-likeness (QED) is 0.604. The number of rotatable bonds is 0. The molecule has 62 valence electrons. The van der Waals surface area contributed by atoms with Gasteiger partial charge < -0.3 is 0 Å². The fraction of sp³-hybridized carbons (Fsp3) is 0.100. The molecule has 0 unspecified atom stereocenters. The normalized spacial score (nSPS) is 9.85. The Kier molecular flexibility index (Phi) is 1.67. The molecule has 0 radical (unpaired) electrons. The second-order valence-electron chi connectivity index (χ2n) is 2.79. The van der Waals surface area contributed by atoms with Gasteiger partial charge in [-0.25, -0.2) is 0 Å². The molecular weight excluding hydrogens is 162 g/mol. The van der Waals surface area contributed by atoms with E-state index in [-0.39, 0.29) is 0 Å². The van der Waals surface area contributed by atoms with Crippen LogP contribution in [0.2, 0.25) is 0 Å². The molecule has 13 heavy (non-hydrogen) atoms. The van der Waals surface area contributed by atoms with Crippen molar-refractivity contribution in [3.8, 4) is 6.07 Å². The number of benzene rings is 1. The van der Waals surface area contributed by atoms with Gasteiger partial charge >= 0.3 is 0 Å². The Balaban J connectivity index is 2.95. The largest absolute Gasteiger partial charge is 0.191 e. The molecule has 3 nitrogen and oxygen atoms in total. The van der Waals surface area contributed by atoms with Crippen LogP contribution in [0.1, 0.15) is 11.4 Å². The van der Waals surface area contributed by atoms with Crippen LogP contribution in [0.15, 0.2) is 24.3 Å². The van der Waals surface area contributed by atoms with Crippen LogP contribution in [0.3, 0.4) is 0 Å². The lowest BCUT2D eigenvalue weighted by Crippen LogP contribution is -1.93. The van der Waals surface area contributed by atoms with Crippen molar-refractivity contribution in [1.82, 2.24) is 10.2 Å². The molecule has 0 spiro atoms. The topological polar surface area (TPSA) is 49.6 Å². The molecule has 1 heterocycles. The SMILES string of the molecule is Cc1nnc(C#N)c2ccccc12. The molecule has 2 rings (SSSR count). The highest BCUT2D eigenvalue weighted by Crippen LogP contribution is 2.17. The number of fused-ring (bicyclic) bond motifs is 1. The zero-order chi connectivity index (χ0) is 9.26. The molecule has 0 aliphatic rings. The summed E-state index contributed by atoms with van der Waals surface area (Å²) in [7, 11) is 0. The number of nitriles is 1. The second-order valence-corrected chi connectivity index (χ2v) is 2.79. The highest BCUT2D eigenvalue weighted by Gasteiger charge is 2.03. The minimum absolute atomic E-state index is 0.390. The number of hydrogen-bond acceptors (Lipinski definition) is 3. The van der Waals surface area contributed by atoms with Gasteiger partial charge in [0.25, 0.3) is 0 Å². The smallest absolute Gasteiger partial charge is 0.170 e. The van der Waals surface area contributed by atoms with E-state index in [0.29, 0.717) is 5.69 Å². The minimum Gasteiger partial charge on any atom is -0.191 e. The lowest BCUT2D eigenvalue weighted by atomic mass is 10.1. The van der Waals surface area contributed by atoms with E-state index in [4.69, 9.17) is 5.26 Å². The summed E-state index contributed by atoms with van der Waals surface area (Å²) in [6, 6.07) is 9.67. The lowest BCUT2D eigenvalue weighted by Gasteiger charge is -1.99. The summed E-state index contributed by atoms with van der Waals surface area (Å²) in [6.45, 7) is 1.89. The van der Waals surface area contributed by atoms with Crippen LogP contribution in [0.4, 0.5) is 0 Å². The van der Waals surface area contributed by atoms with Crippen LogP contribution in [0, 0.1) is 18.3 Å². The summed E-state index contributed by atoms with van der Waals surface area (Å²) in [6.07, 6.45) is 0. The zero-order valence-corrected chi connectivity index (χ0v) is 7.15. The van der Waals surface area contributed by atoms with Gasteiger partial charge in [-0.15, -0.1) is 5.10 Å². The maximum Gasteiger partial charge on any atom is 0.170 e. The van der Waals surface area contributed by atoms with Crippen LogP contribution in [0.5, 0.6) is 0 Å². The minimum atomic E-state index is 0.390. The molecule has 1 aromatic carbocycles. The Labute approximate surface area is 75.6 Å². The average molecular weight is 169 g/mol. The highest BCUT2D eigenvalue weighted by molar-refractivity contribution is 5.87. The van der Waals surface area contributed by atoms with Crippen molar-refractivity contribution in [3.05, 3.63) is 35.7 Å². The van der Waals surface area contributed by atoms with Crippen LogP contribution in [0.25, 0.3) is 10.8 Å². The number of hydrogen-bond donors (Lipinski definition) is 0. The summed E-state index contributed by atoms with van der Waals surface area (Å²) in [5, 5.41) is 18.4. The molecule has 0 aliphatic carbocycles. The van der Waals surface area contributed by atoms with Crippen molar-refractivity contribution >= 4 is 10.8 Å². The van der Waals surface area contributed by atoms with E-state index in [2.05, 4.69) is 10.2 Å². The first-order valence-electron chi connectivity index (χ1n) is 3.95. The molecule has 0 N–H and O–H groups in total. The van der Waals surface area contributed by atoms with Gasteiger partial charge in [-0.1, -0.05) is 24.3 Å². The Morgan fingerprint density at radius 2 is 1.85 bits per heavy atom. The molecule has 0 saturated heterocycles. The van der Waals surface area contributed by atoms with E-state index in [1.165, 1.54) is 0 Å². The van der Waals surface area contributed by atoms with Gasteiger partial charge in [-0.2, -0.15) is 10.4 Å². The molecular formula is C10H7N3. The molecule has 1 aromatic heterocycles. The maximum atomic E-state index is 8.77. The molecule has 0 amide bonds. The van der Waals surface area contributed by atoms with Gasteiger partial charge in [0, 0.05) is 10.8 Å². The van der Waals surface area contributed by atoms with E-state index in [0.717, 1.165) is 16.5 Å². The average Bonchev–Trinajstić information content (AvgIpc) is 2.19. The summed E-state index contributed by atoms with van der Waals surface area (Å²) in [5.74, 6) is 0. The summed E-state index contributed by atoms with van der Waals surface area (Å²) >= 11 is 0. The maximum absolute atomic E-state index is 8.77.